The Morgan fingerprint density at radius 2 is 2.20 bits per heavy atom. The van der Waals surface area contributed by atoms with Gasteiger partial charge in [0.05, 0.1) is 17.3 Å². The molecule has 6 heteroatoms. The van der Waals surface area contributed by atoms with Gasteiger partial charge in [0.25, 0.3) is 11.3 Å². The number of fused-ring (bicyclic) bond motifs is 1. The first-order valence-electron chi connectivity index (χ1n) is 4.28. The molecule has 2 rings (SSSR count). The molecule has 1 aromatic carbocycles. The molecule has 1 atom stereocenters. The number of hydrogen-bond donors (Lipinski definition) is 0. The Kier molecular flexibility index (Phi) is 2.99. The summed E-state index contributed by atoms with van der Waals surface area (Å²) in [5.74, 6) is 0. The molecule has 0 bridgehead atoms. The summed E-state index contributed by atoms with van der Waals surface area (Å²) in [6, 6.07) is 7.94. The van der Waals surface area contributed by atoms with E-state index in [9.17, 15) is 4.21 Å². The molecule has 0 amide bonds. The van der Waals surface area contributed by atoms with Crippen molar-refractivity contribution in [3.05, 3.63) is 29.1 Å². The quantitative estimate of drug-likeness (QED) is 0.798. The van der Waals surface area contributed by atoms with Crippen LogP contribution in [-0.4, -0.2) is 15.9 Å². The highest BCUT2D eigenvalue weighted by molar-refractivity contribution is 7.78. The Morgan fingerprint density at radius 1 is 1.47 bits per heavy atom. The topological polar surface area (TPSA) is 43.6 Å². The van der Waals surface area contributed by atoms with Crippen molar-refractivity contribution in [2.24, 2.45) is 11.4 Å². The van der Waals surface area contributed by atoms with Gasteiger partial charge in [-0.2, -0.15) is 0 Å². The van der Waals surface area contributed by atoms with Crippen LogP contribution in [0, 0.1) is 0 Å². The second-order valence-corrected chi connectivity index (χ2v) is 4.85. The molecule has 1 unspecified atom stereocenters. The number of nitrogens with zero attached hydrogens (tertiary/aromatic N) is 2. The van der Waals surface area contributed by atoms with Gasteiger partial charge in [0.15, 0.2) is 0 Å². The maximum absolute atomic E-state index is 11.1. The molecule has 0 saturated carbocycles. The smallest absolute Gasteiger partial charge is 0.287 e. The molecule has 0 aliphatic rings. The van der Waals surface area contributed by atoms with E-state index in [1.807, 2.05) is 35.9 Å². The Hall–Kier alpha value is -0.980. The number of rotatable bonds is 2. The van der Waals surface area contributed by atoms with Gasteiger partial charge >= 0.3 is 0 Å². The molecule has 1 heterocycles. The Balaban J connectivity index is 2.68. The summed E-state index contributed by atoms with van der Waals surface area (Å²) in [6.07, 6.45) is 0. The van der Waals surface area contributed by atoms with E-state index in [1.54, 1.807) is 0 Å². The van der Waals surface area contributed by atoms with E-state index < -0.39 is 11.3 Å². The average molecular weight is 242 g/mol. The van der Waals surface area contributed by atoms with Crippen molar-refractivity contribution < 1.29 is 8.39 Å². The SMILES string of the molecule is COS(=O)/N=c1/sc2ccccc2n1C. The highest BCUT2D eigenvalue weighted by Gasteiger charge is 2.02. The van der Waals surface area contributed by atoms with Crippen LogP contribution in [0.1, 0.15) is 0 Å². The maximum Gasteiger partial charge on any atom is 0.287 e. The summed E-state index contributed by atoms with van der Waals surface area (Å²) in [6.45, 7) is 0. The lowest BCUT2D eigenvalue weighted by atomic mass is 10.3. The van der Waals surface area contributed by atoms with Crippen LogP contribution in [-0.2, 0) is 22.5 Å². The molecule has 80 valence electrons. The van der Waals surface area contributed by atoms with E-state index in [0.717, 1.165) is 10.2 Å². The first-order chi connectivity index (χ1) is 7.22. The Morgan fingerprint density at radius 3 is 2.87 bits per heavy atom. The Labute approximate surface area is 93.6 Å². The van der Waals surface area contributed by atoms with E-state index in [1.165, 1.54) is 18.4 Å². The standard InChI is InChI=1S/C9H10N2O2S2/c1-11-7-5-3-4-6-8(7)14-9(11)10-15(12)13-2/h3-6H,1-2H3/b10-9+. The third kappa shape index (κ3) is 2.01. The van der Waals surface area contributed by atoms with Crippen molar-refractivity contribution in [3.8, 4) is 0 Å². The van der Waals surface area contributed by atoms with Crippen molar-refractivity contribution in [3.63, 3.8) is 0 Å². The molecular formula is C9H10N2O2S2. The zero-order chi connectivity index (χ0) is 10.8. The fourth-order valence-electron chi connectivity index (χ4n) is 1.27. The number of para-hydroxylation sites is 1. The van der Waals surface area contributed by atoms with Crippen molar-refractivity contribution in [2.75, 3.05) is 7.11 Å². The first-order valence-corrected chi connectivity index (χ1v) is 6.13. The van der Waals surface area contributed by atoms with Gasteiger partial charge in [-0.15, -0.1) is 4.40 Å². The lowest BCUT2D eigenvalue weighted by molar-refractivity contribution is 0.446. The minimum Gasteiger partial charge on any atom is -0.319 e. The van der Waals surface area contributed by atoms with Crippen LogP contribution in [0.2, 0.25) is 0 Å². The molecule has 0 radical (unpaired) electrons. The van der Waals surface area contributed by atoms with E-state index in [4.69, 9.17) is 0 Å². The van der Waals surface area contributed by atoms with Crippen LogP contribution in [0.15, 0.2) is 28.7 Å². The van der Waals surface area contributed by atoms with Crippen LogP contribution in [0.3, 0.4) is 0 Å². The van der Waals surface area contributed by atoms with Crippen molar-refractivity contribution >= 4 is 32.8 Å². The fourth-order valence-corrected chi connectivity index (χ4v) is 2.82. The van der Waals surface area contributed by atoms with Gasteiger partial charge in [0, 0.05) is 7.05 Å². The summed E-state index contributed by atoms with van der Waals surface area (Å²) in [5.41, 5.74) is 1.08. The molecule has 2 aromatic rings. The van der Waals surface area contributed by atoms with E-state index >= 15 is 0 Å². The van der Waals surface area contributed by atoms with Gasteiger partial charge in [0.2, 0.25) is 4.80 Å². The molecule has 1 aromatic heterocycles. The van der Waals surface area contributed by atoms with Crippen molar-refractivity contribution in [1.82, 2.24) is 4.57 Å². The van der Waals surface area contributed by atoms with Gasteiger partial charge in [-0.1, -0.05) is 23.5 Å². The largest absolute Gasteiger partial charge is 0.319 e. The molecular weight excluding hydrogens is 232 g/mol. The normalized spacial score (nSPS) is 14.7. The monoisotopic (exact) mass is 242 g/mol. The van der Waals surface area contributed by atoms with E-state index in [0.29, 0.717) is 4.80 Å². The molecule has 15 heavy (non-hydrogen) atoms. The summed E-state index contributed by atoms with van der Waals surface area (Å²) in [4.78, 5) is 0.691. The van der Waals surface area contributed by atoms with Crippen LogP contribution >= 0.6 is 11.3 Å². The van der Waals surface area contributed by atoms with Gasteiger partial charge in [-0.3, -0.25) is 4.18 Å². The number of thiazole rings is 1. The predicted molar refractivity (Wildman–Crippen MR) is 61.5 cm³/mol. The van der Waals surface area contributed by atoms with Crippen LogP contribution in [0.25, 0.3) is 10.2 Å². The average Bonchev–Trinajstić information content (AvgIpc) is 2.57. The van der Waals surface area contributed by atoms with Crippen LogP contribution in [0.5, 0.6) is 0 Å². The summed E-state index contributed by atoms with van der Waals surface area (Å²) in [5, 5.41) is 0. The Bertz CT molecular complexity index is 571. The van der Waals surface area contributed by atoms with Gasteiger partial charge < -0.3 is 4.57 Å². The maximum atomic E-state index is 11.1. The molecule has 0 saturated heterocycles. The number of aromatic nitrogens is 1. The van der Waals surface area contributed by atoms with Gasteiger partial charge in [-0.25, -0.2) is 4.21 Å². The molecule has 0 fully saturated rings. The lowest BCUT2D eigenvalue weighted by Crippen LogP contribution is -2.11. The van der Waals surface area contributed by atoms with E-state index in [-0.39, 0.29) is 0 Å². The van der Waals surface area contributed by atoms with Gasteiger partial charge in [0.1, 0.15) is 0 Å². The summed E-state index contributed by atoms with van der Waals surface area (Å²) < 4.78 is 22.7. The highest BCUT2D eigenvalue weighted by atomic mass is 32.2. The third-order valence-corrected chi connectivity index (χ3v) is 3.85. The second-order valence-electron chi connectivity index (χ2n) is 2.89. The van der Waals surface area contributed by atoms with E-state index in [2.05, 4.69) is 8.58 Å². The van der Waals surface area contributed by atoms with Crippen molar-refractivity contribution in [2.45, 2.75) is 0 Å². The molecule has 4 nitrogen and oxygen atoms in total. The minimum absolute atomic E-state index is 0.691. The number of aryl methyl sites for hydroxylation is 1. The first kappa shape index (κ1) is 10.5. The van der Waals surface area contributed by atoms with Gasteiger partial charge in [-0.05, 0) is 12.1 Å². The lowest BCUT2D eigenvalue weighted by Gasteiger charge is -1.93. The predicted octanol–water partition coefficient (Wildman–Crippen LogP) is 1.37. The van der Waals surface area contributed by atoms with Crippen molar-refractivity contribution in [1.29, 1.82) is 0 Å². The number of hydrogen-bond acceptors (Lipinski definition) is 3. The summed E-state index contributed by atoms with van der Waals surface area (Å²) in [7, 11) is 3.26. The highest BCUT2D eigenvalue weighted by Crippen LogP contribution is 2.15. The minimum atomic E-state index is -1.60. The zero-order valence-electron chi connectivity index (χ0n) is 8.34. The second kappa shape index (κ2) is 4.26. The third-order valence-electron chi connectivity index (χ3n) is 2.01. The number of benzene rings is 1. The summed E-state index contributed by atoms with van der Waals surface area (Å²) >= 11 is -0.110. The molecule has 0 N–H and O–H groups in total. The molecule has 0 aliphatic heterocycles. The molecule has 0 aliphatic carbocycles. The fraction of sp³-hybridized carbons (Fsp3) is 0.222. The van der Waals surface area contributed by atoms with Crippen LogP contribution in [0.4, 0.5) is 0 Å². The van der Waals surface area contributed by atoms with Crippen LogP contribution < -0.4 is 4.80 Å². The zero-order valence-corrected chi connectivity index (χ0v) is 9.97. The molecule has 0 spiro atoms.